The Kier molecular flexibility index (Phi) is 3.27. The molecule has 1 aromatic carbocycles. The Morgan fingerprint density at radius 3 is 2.89 bits per heavy atom. The molecule has 0 bridgehead atoms. The van der Waals surface area contributed by atoms with Crippen LogP contribution in [0.15, 0.2) is 42.9 Å². The van der Waals surface area contributed by atoms with E-state index >= 15 is 0 Å². The molecule has 0 aliphatic rings. The average molecular weight is 276 g/mol. The normalized spacial score (nSPS) is 11.3. The number of hydrogen-bond acceptors (Lipinski definition) is 2. The molecule has 0 atom stereocenters. The van der Waals surface area contributed by atoms with Crippen molar-refractivity contribution in [2.75, 3.05) is 0 Å². The Bertz CT molecular complexity index is 688. The molecule has 0 fully saturated rings. The number of aliphatic hydroxyl groups is 1. The molecular weight excluding hydrogens is 262 g/mol. The number of aromatic nitrogens is 3. The minimum Gasteiger partial charge on any atom is -0.392 e. The Morgan fingerprint density at radius 2 is 2.16 bits per heavy atom. The molecule has 19 heavy (non-hydrogen) atoms. The summed E-state index contributed by atoms with van der Waals surface area (Å²) < 4.78 is 3.99. The van der Waals surface area contributed by atoms with Crippen LogP contribution in [0.1, 0.15) is 5.56 Å². The molecule has 0 spiro atoms. The molecule has 1 N–H and O–H groups in total. The largest absolute Gasteiger partial charge is 0.392 e. The van der Waals surface area contributed by atoms with E-state index in [9.17, 15) is 5.11 Å². The van der Waals surface area contributed by atoms with Crippen molar-refractivity contribution in [3.63, 3.8) is 0 Å². The van der Waals surface area contributed by atoms with Crippen molar-refractivity contribution < 1.29 is 5.11 Å². The van der Waals surface area contributed by atoms with Gasteiger partial charge in [0.05, 0.1) is 13.2 Å². The zero-order valence-electron chi connectivity index (χ0n) is 10.3. The van der Waals surface area contributed by atoms with Gasteiger partial charge in [0.15, 0.2) is 0 Å². The molecule has 0 unspecified atom stereocenters. The minimum absolute atomic E-state index is 0.0346. The fourth-order valence-electron chi connectivity index (χ4n) is 2.30. The maximum absolute atomic E-state index is 9.41. The molecule has 5 heteroatoms. The first-order valence-corrected chi connectivity index (χ1v) is 6.51. The Hall–Kier alpha value is -1.78. The van der Waals surface area contributed by atoms with E-state index in [0.717, 1.165) is 29.6 Å². The molecule has 4 nitrogen and oxygen atoms in total. The van der Waals surface area contributed by atoms with Crippen LogP contribution in [-0.4, -0.2) is 19.5 Å². The number of aliphatic hydroxyl groups excluding tert-OH is 1. The van der Waals surface area contributed by atoms with Crippen molar-refractivity contribution in [1.29, 1.82) is 0 Å². The number of fused-ring (bicyclic) bond motifs is 1. The number of aryl methyl sites for hydroxylation is 2. The third-order valence-electron chi connectivity index (χ3n) is 3.23. The van der Waals surface area contributed by atoms with Crippen molar-refractivity contribution in [2.24, 2.45) is 0 Å². The van der Waals surface area contributed by atoms with Gasteiger partial charge in [-0.25, -0.2) is 0 Å². The van der Waals surface area contributed by atoms with Crippen molar-refractivity contribution in [3.05, 3.63) is 53.4 Å². The second-order valence-electron chi connectivity index (χ2n) is 4.44. The lowest BCUT2D eigenvalue weighted by atomic mass is 10.2. The van der Waals surface area contributed by atoms with E-state index in [2.05, 4.69) is 9.67 Å². The minimum atomic E-state index is 0.0346. The molecule has 2 aromatic heterocycles. The molecule has 2 heterocycles. The fraction of sp³-hybridized carbons (Fsp3) is 0.214. The van der Waals surface area contributed by atoms with Crippen LogP contribution in [0.2, 0.25) is 5.02 Å². The van der Waals surface area contributed by atoms with Crippen LogP contribution in [0.25, 0.3) is 10.9 Å². The van der Waals surface area contributed by atoms with Crippen LogP contribution in [0.4, 0.5) is 0 Å². The predicted molar refractivity (Wildman–Crippen MR) is 75.1 cm³/mol. The Morgan fingerprint density at radius 1 is 1.26 bits per heavy atom. The van der Waals surface area contributed by atoms with Crippen molar-refractivity contribution in [3.8, 4) is 0 Å². The number of halogens is 1. The smallest absolute Gasteiger partial charge is 0.0702 e. The van der Waals surface area contributed by atoms with Gasteiger partial charge in [0.2, 0.25) is 0 Å². The van der Waals surface area contributed by atoms with Gasteiger partial charge in [-0.2, -0.15) is 5.10 Å². The van der Waals surface area contributed by atoms with E-state index in [1.54, 1.807) is 6.20 Å². The highest BCUT2D eigenvalue weighted by atomic mass is 35.5. The van der Waals surface area contributed by atoms with Crippen LogP contribution in [-0.2, 0) is 19.7 Å². The van der Waals surface area contributed by atoms with Crippen LogP contribution in [0, 0.1) is 0 Å². The van der Waals surface area contributed by atoms with Gasteiger partial charge < -0.3 is 9.67 Å². The van der Waals surface area contributed by atoms with E-state index in [1.807, 2.05) is 41.3 Å². The topological polar surface area (TPSA) is 43.0 Å². The molecule has 0 amide bonds. The van der Waals surface area contributed by atoms with Gasteiger partial charge in [-0.15, -0.1) is 0 Å². The number of benzene rings is 1. The SMILES string of the molecule is OCc1cn(CCn2cccn2)c2cc(Cl)ccc12. The Labute approximate surface area is 115 Å². The van der Waals surface area contributed by atoms with Crippen LogP contribution in [0.5, 0.6) is 0 Å². The summed E-state index contributed by atoms with van der Waals surface area (Å²) in [5, 5.41) is 15.3. The van der Waals surface area contributed by atoms with E-state index in [1.165, 1.54) is 0 Å². The summed E-state index contributed by atoms with van der Waals surface area (Å²) in [5.41, 5.74) is 1.97. The molecule has 0 saturated carbocycles. The second kappa shape index (κ2) is 5.07. The molecule has 3 rings (SSSR count). The Balaban J connectivity index is 1.95. The second-order valence-corrected chi connectivity index (χ2v) is 4.87. The molecular formula is C14H14ClN3O. The lowest BCUT2D eigenvalue weighted by Crippen LogP contribution is -2.06. The maximum Gasteiger partial charge on any atom is 0.0702 e. The standard InChI is InChI=1S/C14H14ClN3O/c15-12-2-3-13-11(10-19)9-17(14(13)8-12)6-7-18-5-1-4-16-18/h1-5,8-9,19H,6-7,10H2. The summed E-state index contributed by atoms with van der Waals surface area (Å²) >= 11 is 6.05. The van der Waals surface area contributed by atoms with Gasteiger partial charge in [-0.3, -0.25) is 4.68 Å². The van der Waals surface area contributed by atoms with E-state index in [4.69, 9.17) is 11.6 Å². The van der Waals surface area contributed by atoms with Gasteiger partial charge >= 0.3 is 0 Å². The number of nitrogens with zero attached hydrogens (tertiary/aromatic N) is 3. The van der Waals surface area contributed by atoms with Crippen LogP contribution < -0.4 is 0 Å². The molecule has 98 valence electrons. The summed E-state index contributed by atoms with van der Waals surface area (Å²) in [6, 6.07) is 7.64. The number of hydrogen-bond donors (Lipinski definition) is 1. The van der Waals surface area contributed by atoms with Crippen LogP contribution >= 0.6 is 11.6 Å². The van der Waals surface area contributed by atoms with E-state index in [0.29, 0.717) is 5.02 Å². The summed E-state index contributed by atoms with van der Waals surface area (Å²) in [6.45, 7) is 1.61. The third kappa shape index (κ3) is 2.37. The first kappa shape index (κ1) is 12.3. The van der Waals surface area contributed by atoms with Crippen molar-refractivity contribution in [2.45, 2.75) is 19.7 Å². The predicted octanol–water partition coefficient (Wildman–Crippen LogP) is 2.68. The van der Waals surface area contributed by atoms with Crippen molar-refractivity contribution >= 4 is 22.5 Å². The quantitative estimate of drug-likeness (QED) is 0.795. The fourth-order valence-corrected chi connectivity index (χ4v) is 2.46. The third-order valence-corrected chi connectivity index (χ3v) is 3.46. The zero-order valence-corrected chi connectivity index (χ0v) is 11.1. The zero-order chi connectivity index (χ0) is 13.2. The average Bonchev–Trinajstić information content (AvgIpc) is 3.03. The summed E-state index contributed by atoms with van der Waals surface area (Å²) in [7, 11) is 0. The summed E-state index contributed by atoms with van der Waals surface area (Å²) in [4.78, 5) is 0. The molecule has 0 aliphatic heterocycles. The van der Waals surface area contributed by atoms with Gasteiger partial charge in [0.1, 0.15) is 0 Å². The van der Waals surface area contributed by atoms with Gasteiger partial charge in [0.25, 0.3) is 0 Å². The first-order chi connectivity index (χ1) is 9.28. The summed E-state index contributed by atoms with van der Waals surface area (Å²) in [6.07, 6.45) is 5.68. The monoisotopic (exact) mass is 275 g/mol. The highest BCUT2D eigenvalue weighted by Crippen LogP contribution is 2.25. The van der Waals surface area contributed by atoms with Gasteiger partial charge in [0, 0.05) is 46.6 Å². The molecule has 0 aliphatic carbocycles. The van der Waals surface area contributed by atoms with E-state index in [-0.39, 0.29) is 6.61 Å². The first-order valence-electron chi connectivity index (χ1n) is 6.13. The maximum atomic E-state index is 9.41. The van der Waals surface area contributed by atoms with Crippen LogP contribution in [0.3, 0.4) is 0 Å². The highest BCUT2D eigenvalue weighted by molar-refractivity contribution is 6.31. The van der Waals surface area contributed by atoms with Gasteiger partial charge in [-0.05, 0) is 18.2 Å². The lowest BCUT2D eigenvalue weighted by molar-refractivity contribution is 0.283. The van der Waals surface area contributed by atoms with E-state index < -0.39 is 0 Å². The van der Waals surface area contributed by atoms with Gasteiger partial charge in [-0.1, -0.05) is 17.7 Å². The molecule has 0 radical (unpaired) electrons. The number of rotatable bonds is 4. The molecule has 0 saturated heterocycles. The van der Waals surface area contributed by atoms with Crippen molar-refractivity contribution in [1.82, 2.24) is 14.3 Å². The lowest BCUT2D eigenvalue weighted by Gasteiger charge is -2.05. The highest BCUT2D eigenvalue weighted by Gasteiger charge is 2.08. The summed E-state index contributed by atoms with van der Waals surface area (Å²) in [5.74, 6) is 0. The molecule has 3 aromatic rings.